The Bertz CT molecular complexity index is 680. The first-order valence-corrected chi connectivity index (χ1v) is 9.29. The smallest absolute Gasteiger partial charge is 0.167 e. The number of anilines is 1. The van der Waals surface area contributed by atoms with Crippen LogP contribution in [-0.2, 0) is 9.47 Å². The van der Waals surface area contributed by atoms with Crippen LogP contribution in [0.3, 0.4) is 0 Å². The second kappa shape index (κ2) is 6.86. The second-order valence-electron chi connectivity index (χ2n) is 5.98. The van der Waals surface area contributed by atoms with E-state index in [1.807, 2.05) is 4.68 Å². The van der Waals surface area contributed by atoms with E-state index < -0.39 is 0 Å². The van der Waals surface area contributed by atoms with Crippen LogP contribution in [-0.4, -0.2) is 39.2 Å². The fraction of sp³-hybridized carbons (Fsp3) is 0.667. The molecule has 2 aliphatic heterocycles. The molecule has 124 valence electrons. The lowest BCUT2D eigenvalue weighted by Crippen LogP contribution is -2.27. The van der Waals surface area contributed by atoms with E-state index in [0.29, 0.717) is 0 Å². The fourth-order valence-corrected chi connectivity index (χ4v) is 3.89. The number of halogens is 1. The highest BCUT2D eigenvalue weighted by molar-refractivity contribution is 14.1. The van der Waals surface area contributed by atoms with E-state index in [1.54, 1.807) is 6.33 Å². The van der Waals surface area contributed by atoms with Gasteiger partial charge in [0.15, 0.2) is 11.9 Å². The lowest BCUT2D eigenvalue weighted by atomic mass is 10.2. The first kappa shape index (κ1) is 15.5. The molecule has 1 N–H and O–H groups in total. The topological polar surface area (TPSA) is 74.1 Å². The highest BCUT2D eigenvalue weighted by Gasteiger charge is 2.24. The van der Waals surface area contributed by atoms with Gasteiger partial charge in [-0.25, -0.2) is 14.6 Å². The van der Waals surface area contributed by atoms with Gasteiger partial charge in [0.2, 0.25) is 0 Å². The molecular formula is C15H20IN5O2. The Balaban J connectivity index is 1.67. The third kappa shape index (κ3) is 3.16. The van der Waals surface area contributed by atoms with E-state index in [4.69, 9.17) is 9.47 Å². The van der Waals surface area contributed by atoms with Gasteiger partial charge in [0.1, 0.15) is 22.1 Å². The Hall–Kier alpha value is -1.00. The summed E-state index contributed by atoms with van der Waals surface area (Å²) in [6.45, 7) is 1.59. The van der Waals surface area contributed by atoms with Crippen molar-refractivity contribution in [2.45, 2.75) is 51.0 Å². The molecule has 2 aromatic heterocycles. The van der Waals surface area contributed by atoms with Gasteiger partial charge >= 0.3 is 0 Å². The molecule has 8 heteroatoms. The number of hydrogen-bond acceptors (Lipinski definition) is 6. The molecule has 2 fully saturated rings. The Morgan fingerprint density at radius 2 is 1.91 bits per heavy atom. The summed E-state index contributed by atoms with van der Waals surface area (Å²) >= 11 is 2.25. The van der Waals surface area contributed by atoms with Gasteiger partial charge in [-0.15, -0.1) is 0 Å². The van der Waals surface area contributed by atoms with Crippen molar-refractivity contribution < 1.29 is 9.47 Å². The summed E-state index contributed by atoms with van der Waals surface area (Å²) in [5, 5.41) is 9.03. The number of rotatable bonds is 3. The molecule has 0 spiro atoms. The Kier molecular flexibility index (Phi) is 4.63. The lowest BCUT2D eigenvalue weighted by molar-refractivity contribution is -0.0372. The summed E-state index contributed by atoms with van der Waals surface area (Å²) in [4.78, 5) is 8.87. The maximum absolute atomic E-state index is 5.87. The normalized spacial score (nSPS) is 25.6. The molecule has 7 nitrogen and oxygen atoms in total. The van der Waals surface area contributed by atoms with Crippen LogP contribution in [0, 0.1) is 3.70 Å². The number of nitrogens with one attached hydrogen (secondary N) is 1. The van der Waals surface area contributed by atoms with Gasteiger partial charge in [-0.3, -0.25) is 0 Å². The van der Waals surface area contributed by atoms with Gasteiger partial charge in [-0.2, -0.15) is 5.10 Å². The predicted molar refractivity (Wildman–Crippen MR) is 94.1 cm³/mol. The molecular weight excluding hydrogens is 409 g/mol. The van der Waals surface area contributed by atoms with Crippen molar-refractivity contribution in [1.29, 1.82) is 0 Å². The van der Waals surface area contributed by atoms with Crippen LogP contribution in [0.15, 0.2) is 6.33 Å². The zero-order valence-corrected chi connectivity index (χ0v) is 15.0. The van der Waals surface area contributed by atoms with Crippen molar-refractivity contribution in [1.82, 2.24) is 19.7 Å². The molecule has 0 bridgehead atoms. The fourth-order valence-electron chi connectivity index (χ4n) is 3.17. The molecule has 2 saturated heterocycles. The van der Waals surface area contributed by atoms with Crippen molar-refractivity contribution in [3.05, 3.63) is 10.0 Å². The van der Waals surface area contributed by atoms with Crippen molar-refractivity contribution >= 4 is 39.4 Å². The average molecular weight is 429 g/mol. The van der Waals surface area contributed by atoms with Crippen molar-refractivity contribution in [3.63, 3.8) is 0 Å². The zero-order valence-electron chi connectivity index (χ0n) is 12.9. The second-order valence-corrected chi connectivity index (χ2v) is 7.00. The number of hydrogen-bond donors (Lipinski definition) is 1. The third-order valence-corrected chi connectivity index (χ3v) is 5.11. The molecule has 0 saturated carbocycles. The molecule has 4 heterocycles. The number of aromatic nitrogens is 4. The maximum atomic E-state index is 5.87. The van der Waals surface area contributed by atoms with Crippen LogP contribution in [0.2, 0.25) is 0 Å². The van der Waals surface area contributed by atoms with Crippen LogP contribution < -0.4 is 5.32 Å². The predicted octanol–water partition coefficient (Wildman–Crippen LogP) is 3.07. The van der Waals surface area contributed by atoms with E-state index in [0.717, 1.165) is 65.9 Å². The van der Waals surface area contributed by atoms with E-state index in [-0.39, 0.29) is 12.5 Å². The Morgan fingerprint density at radius 3 is 2.65 bits per heavy atom. The Morgan fingerprint density at radius 1 is 1.09 bits per heavy atom. The van der Waals surface area contributed by atoms with E-state index in [2.05, 4.69) is 43.0 Å². The summed E-state index contributed by atoms with van der Waals surface area (Å²) < 4.78 is 14.4. The van der Waals surface area contributed by atoms with Gasteiger partial charge in [-0.05, 0) is 61.1 Å². The lowest BCUT2D eigenvalue weighted by Gasteiger charge is -2.24. The number of ether oxygens (including phenoxy) is 2. The monoisotopic (exact) mass is 429 g/mol. The zero-order chi connectivity index (χ0) is 15.6. The molecule has 2 aromatic rings. The van der Waals surface area contributed by atoms with Crippen LogP contribution in [0.1, 0.15) is 44.8 Å². The van der Waals surface area contributed by atoms with Crippen LogP contribution in [0.5, 0.6) is 0 Å². The first-order valence-electron chi connectivity index (χ1n) is 8.21. The molecule has 0 aromatic carbocycles. The van der Waals surface area contributed by atoms with Crippen molar-refractivity contribution in [3.8, 4) is 0 Å². The van der Waals surface area contributed by atoms with Crippen LogP contribution in [0.25, 0.3) is 11.0 Å². The summed E-state index contributed by atoms with van der Waals surface area (Å²) in [6, 6.07) is 0. The van der Waals surface area contributed by atoms with Crippen LogP contribution in [0.4, 0.5) is 5.82 Å². The molecule has 2 aliphatic rings. The molecule has 0 amide bonds. The molecule has 4 rings (SSSR count). The number of fused-ring (bicyclic) bond motifs is 1. The van der Waals surface area contributed by atoms with Gasteiger partial charge in [-0.1, -0.05) is 0 Å². The van der Waals surface area contributed by atoms with Gasteiger partial charge < -0.3 is 14.8 Å². The average Bonchev–Trinajstić information content (AvgIpc) is 2.95. The minimum Gasteiger partial charge on any atom is -0.359 e. The summed E-state index contributed by atoms with van der Waals surface area (Å²) in [5.74, 6) is 0.799. The van der Waals surface area contributed by atoms with E-state index in [9.17, 15) is 0 Å². The summed E-state index contributed by atoms with van der Waals surface area (Å²) in [6.07, 6.45) is 8.15. The van der Waals surface area contributed by atoms with Gasteiger partial charge in [0.25, 0.3) is 0 Å². The maximum Gasteiger partial charge on any atom is 0.167 e. The molecule has 0 aliphatic carbocycles. The van der Waals surface area contributed by atoms with Gasteiger partial charge in [0.05, 0.1) is 5.39 Å². The highest BCUT2D eigenvalue weighted by atomic mass is 127. The summed E-state index contributed by atoms with van der Waals surface area (Å²) in [7, 11) is 0. The van der Waals surface area contributed by atoms with Crippen LogP contribution >= 0.6 is 22.6 Å². The quantitative estimate of drug-likeness (QED) is 0.757. The minimum atomic E-state index is -0.0246. The standard InChI is InChI=1S/C15H20IN5O2/c16-13-12-14(19-10-5-1-3-7-22-10)17-9-18-15(12)21(20-13)11-6-2-4-8-23-11/h9-11H,1-8H2,(H,17,18,19). The van der Waals surface area contributed by atoms with E-state index in [1.165, 1.54) is 6.42 Å². The van der Waals surface area contributed by atoms with Crippen molar-refractivity contribution in [2.24, 2.45) is 0 Å². The third-order valence-electron chi connectivity index (χ3n) is 4.35. The molecule has 23 heavy (non-hydrogen) atoms. The minimum absolute atomic E-state index is 0.0203. The summed E-state index contributed by atoms with van der Waals surface area (Å²) in [5.41, 5.74) is 0.828. The van der Waals surface area contributed by atoms with E-state index >= 15 is 0 Å². The SMILES string of the molecule is Ic1nn(C2CCCCO2)c2ncnc(NC3CCCCO3)c12. The molecule has 2 unspecified atom stereocenters. The molecule has 0 radical (unpaired) electrons. The molecule has 2 atom stereocenters. The Labute approximate surface area is 148 Å². The largest absolute Gasteiger partial charge is 0.359 e. The van der Waals surface area contributed by atoms with Gasteiger partial charge in [0, 0.05) is 13.2 Å². The highest BCUT2D eigenvalue weighted by Crippen LogP contribution is 2.31. The number of nitrogens with zero attached hydrogens (tertiary/aromatic N) is 4. The first-order chi connectivity index (χ1) is 11.3. The van der Waals surface area contributed by atoms with Crippen molar-refractivity contribution in [2.75, 3.05) is 18.5 Å².